The van der Waals surface area contributed by atoms with Crippen molar-refractivity contribution in [1.82, 2.24) is 14.9 Å². The van der Waals surface area contributed by atoms with Crippen LogP contribution in [0, 0.1) is 0 Å². The van der Waals surface area contributed by atoms with E-state index in [1.165, 1.54) is 29.2 Å². The van der Waals surface area contributed by atoms with Crippen molar-refractivity contribution < 1.29 is 9.59 Å². The number of fused-ring (bicyclic) bond motifs is 1. The Kier molecular flexibility index (Phi) is 5.54. The Labute approximate surface area is 176 Å². The number of carbonyl (C=O) groups excluding carboxylic acids is 2. The SMILES string of the molecule is CC(=O)NCc1ccc(C(=O)Cn2cnc3sc(-c4ccccc4)cc3c2=O)cc1. The lowest BCUT2D eigenvalue weighted by Gasteiger charge is -2.06. The lowest BCUT2D eigenvalue weighted by atomic mass is 10.1. The summed E-state index contributed by atoms with van der Waals surface area (Å²) >= 11 is 1.46. The van der Waals surface area contributed by atoms with Crippen molar-refractivity contribution in [1.29, 1.82) is 0 Å². The number of nitrogens with one attached hydrogen (secondary N) is 1. The number of nitrogens with zero attached hydrogens (tertiary/aromatic N) is 2. The van der Waals surface area contributed by atoms with E-state index >= 15 is 0 Å². The maximum atomic E-state index is 12.9. The highest BCUT2D eigenvalue weighted by Gasteiger charge is 2.13. The molecule has 7 heteroatoms. The molecule has 0 radical (unpaired) electrons. The molecule has 6 nitrogen and oxygen atoms in total. The fourth-order valence-corrected chi connectivity index (χ4v) is 4.09. The van der Waals surface area contributed by atoms with E-state index in [2.05, 4.69) is 10.3 Å². The van der Waals surface area contributed by atoms with Crippen molar-refractivity contribution in [3.8, 4) is 10.4 Å². The first kappa shape index (κ1) is 19.7. The lowest BCUT2D eigenvalue weighted by Crippen LogP contribution is -2.24. The number of hydrogen-bond acceptors (Lipinski definition) is 5. The molecule has 1 N–H and O–H groups in total. The molecule has 0 unspecified atom stereocenters. The maximum Gasteiger partial charge on any atom is 0.262 e. The number of hydrogen-bond donors (Lipinski definition) is 1. The summed E-state index contributed by atoms with van der Waals surface area (Å²) in [5, 5.41) is 3.23. The molecule has 1 amide bonds. The molecule has 0 atom stereocenters. The number of amides is 1. The third-order valence-corrected chi connectivity index (χ3v) is 5.80. The number of carbonyl (C=O) groups is 2. The molecule has 2 heterocycles. The van der Waals surface area contributed by atoms with Gasteiger partial charge in [-0.15, -0.1) is 11.3 Å². The van der Waals surface area contributed by atoms with Crippen molar-refractivity contribution in [2.75, 3.05) is 0 Å². The highest BCUT2D eigenvalue weighted by molar-refractivity contribution is 7.21. The topological polar surface area (TPSA) is 81.1 Å². The Hall–Kier alpha value is -3.58. The molecule has 0 saturated carbocycles. The second kappa shape index (κ2) is 8.42. The highest BCUT2D eigenvalue weighted by Crippen LogP contribution is 2.30. The predicted octanol–water partition coefficient (Wildman–Crippen LogP) is 3.64. The summed E-state index contributed by atoms with van der Waals surface area (Å²) in [4.78, 5) is 42.5. The average Bonchev–Trinajstić information content (AvgIpc) is 3.20. The molecule has 4 aromatic rings. The van der Waals surface area contributed by atoms with Gasteiger partial charge < -0.3 is 5.32 Å². The van der Waals surface area contributed by atoms with Gasteiger partial charge in [0.2, 0.25) is 5.91 Å². The van der Waals surface area contributed by atoms with Crippen LogP contribution in [-0.4, -0.2) is 21.2 Å². The van der Waals surface area contributed by atoms with Crippen LogP contribution in [0.2, 0.25) is 0 Å². The van der Waals surface area contributed by atoms with Gasteiger partial charge in [-0.3, -0.25) is 19.0 Å². The third-order valence-electron chi connectivity index (χ3n) is 4.71. The number of thiophene rings is 1. The zero-order chi connectivity index (χ0) is 21.1. The number of aromatic nitrogens is 2. The summed E-state index contributed by atoms with van der Waals surface area (Å²) in [6.45, 7) is 1.78. The van der Waals surface area contributed by atoms with Gasteiger partial charge in [0.1, 0.15) is 4.83 Å². The Morgan fingerprint density at radius 3 is 2.50 bits per heavy atom. The zero-order valence-electron chi connectivity index (χ0n) is 16.3. The largest absolute Gasteiger partial charge is 0.352 e. The maximum absolute atomic E-state index is 12.9. The fraction of sp³-hybridized carbons (Fsp3) is 0.130. The normalized spacial score (nSPS) is 10.8. The molecule has 0 aliphatic heterocycles. The Morgan fingerprint density at radius 1 is 1.07 bits per heavy atom. The number of ketones is 1. The summed E-state index contributed by atoms with van der Waals surface area (Å²) in [5.74, 6) is -0.288. The molecule has 0 bridgehead atoms. The summed E-state index contributed by atoms with van der Waals surface area (Å²) in [6, 6.07) is 18.6. The number of Topliss-reactive ketones (excluding diaryl/α,β-unsaturated/α-hetero) is 1. The van der Waals surface area contributed by atoms with Crippen LogP contribution in [0.4, 0.5) is 0 Å². The fourth-order valence-electron chi connectivity index (χ4n) is 3.10. The first-order valence-electron chi connectivity index (χ1n) is 9.42. The summed E-state index contributed by atoms with van der Waals surface area (Å²) in [7, 11) is 0. The van der Waals surface area contributed by atoms with Crippen LogP contribution in [0.15, 0.2) is 71.8 Å². The van der Waals surface area contributed by atoms with E-state index in [1.54, 1.807) is 24.3 Å². The smallest absolute Gasteiger partial charge is 0.262 e. The van der Waals surface area contributed by atoms with Crippen LogP contribution >= 0.6 is 11.3 Å². The van der Waals surface area contributed by atoms with E-state index in [4.69, 9.17) is 0 Å². The molecule has 2 aromatic carbocycles. The van der Waals surface area contributed by atoms with E-state index in [9.17, 15) is 14.4 Å². The molecule has 30 heavy (non-hydrogen) atoms. The molecule has 150 valence electrons. The van der Waals surface area contributed by atoms with Gasteiger partial charge in [0.05, 0.1) is 18.3 Å². The molecule has 0 aliphatic carbocycles. The van der Waals surface area contributed by atoms with Gasteiger partial charge in [-0.25, -0.2) is 4.98 Å². The van der Waals surface area contributed by atoms with Crippen LogP contribution in [0.1, 0.15) is 22.8 Å². The first-order chi connectivity index (χ1) is 14.5. The van der Waals surface area contributed by atoms with Gasteiger partial charge in [-0.2, -0.15) is 0 Å². The molecule has 0 spiro atoms. The number of rotatable bonds is 6. The van der Waals surface area contributed by atoms with Gasteiger partial charge in [-0.1, -0.05) is 54.6 Å². The van der Waals surface area contributed by atoms with Crippen molar-refractivity contribution in [3.05, 3.63) is 88.5 Å². The first-order valence-corrected chi connectivity index (χ1v) is 10.2. The predicted molar refractivity (Wildman–Crippen MR) is 118 cm³/mol. The Morgan fingerprint density at radius 2 is 1.80 bits per heavy atom. The number of benzene rings is 2. The molecule has 0 fully saturated rings. The van der Waals surface area contributed by atoms with E-state index < -0.39 is 0 Å². The average molecular weight is 417 g/mol. The van der Waals surface area contributed by atoms with Gasteiger partial charge in [-0.05, 0) is 17.2 Å². The van der Waals surface area contributed by atoms with Crippen molar-refractivity contribution >= 4 is 33.2 Å². The standard InChI is InChI=1S/C23H19N3O3S/c1-15(27)24-12-16-7-9-17(10-8-16)20(28)13-26-14-25-22-19(23(26)29)11-21(30-22)18-5-3-2-4-6-18/h2-11,14H,12-13H2,1H3,(H,24,27). The van der Waals surface area contributed by atoms with Gasteiger partial charge in [0, 0.05) is 23.9 Å². The Balaban J connectivity index is 1.55. The molecule has 0 saturated heterocycles. The monoisotopic (exact) mass is 417 g/mol. The molecule has 2 aromatic heterocycles. The van der Waals surface area contributed by atoms with E-state index in [1.807, 2.05) is 36.4 Å². The molecule has 4 rings (SSSR count). The van der Waals surface area contributed by atoms with Crippen LogP contribution in [0.5, 0.6) is 0 Å². The van der Waals surface area contributed by atoms with E-state index in [0.29, 0.717) is 22.3 Å². The summed E-state index contributed by atoms with van der Waals surface area (Å²) in [5.41, 5.74) is 2.20. The highest BCUT2D eigenvalue weighted by atomic mass is 32.1. The second-order valence-corrected chi connectivity index (χ2v) is 7.93. The van der Waals surface area contributed by atoms with E-state index in [-0.39, 0.29) is 23.8 Å². The van der Waals surface area contributed by atoms with Crippen molar-refractivity contribution in [2.45, 2.75) is 20.0 Å². The third kappa shape index (κ3) is 4.21. The summed E-state index contributed by atoms with van der Waals surface area (Å²) < 4.78 is 1.34. The van der Waals surface area contributed by atoms with Crippen LogP contribution in [0.25, 0.3) is 20.7 Å². The van der Waals surface area contributed by atoms with Crippen LogP contribution < -0.4 is 10.9 Å². The minimum atomic E-state index is -0.228. The quantitative estimate of drug-likeness (QED) is 0.486. The van der Waals surface area contributed by atoms with E-state index in [0.717, 1.165) is 16.0 Å². The minimum Gasteiger partial charge on any atom is -0.352 e. The van der Waals surface area contributed by atoms with Crippen LogP contribution in [0.3, 0.4) is 0 Å². The second-order valence-electron chi connectivity index (χ2n) is 6.90. The molecule has 0 aliphatic rings. The Bertz CT molecular complexity index is 1270. The summed E-state index contributed by atoms with van der Waals surface area (Å²) in [6.07, 6.45) is 1.43. The lowest BCUT2D eigenvalue weighted by molar-refractivity contribution is -0.119. The van der Waals surface area contributed by atoms with Crippen LogP contribution in [-0.2, 0) is 17.9 Å². The molecular formula is C23H19N3O3S. The van der Waals surface area contributed by atoms with Gasteiger partial charge in [0.25, 0.3) is 5.56 Å². The molecular weight excluding hydrogens is 398 g/mol. The minimum absolute atomic E-state index is 0.0800. The zero-order valence-corrected chi connectivity index (χ0v) is 17.1. The van der Waals surface area contributed by atoms with Gasteiger partial charge >= 0.3 is 0 Å². The van der Waals surface area contributed by atoms with Crippen molar-refractivity contribution in [3.63, 3.8) is 0 Å². The van der Waals surface area contributed by atoms with Gasteiger partial charge in [0.15, 0.2) is 5.78 Å². The van der Waals surface area contributed by atoms with Crippen molar-refractivity contribution in [2.24, 2.45) is 0 Å².